The molecule has 0 aliphatic carbocycles. The van der Waals surface area contributed by atoms with Gasteiger partial charge in [0.1, 0.15) is 6.26 Å². The summed E-state index contributed by atoms with van der Waals surface area (Å²) in [6, 6.07) is 8.98. The average Bonchev–Trinajstić information content (AvgIpc) is 3.08. The van der Waals surface area contributed by atoms with Crippen LogP contribution in [0.1, 0.15) is 5.69 Å². The number of nitrogens with zero attached hydrogens (tertiary/aromatic N) is 5. The third-order valence-corrected chi connectivity index (χ3v) is 4.18. The first-order chi connectivity index (χ1) is 11.8. The summed E-state index contributed by atoms with van der Waals surface area (Å²) < 4.78 is 6.40. The lowest BCUT2D eigenvalue weighted by Gasteiger charge is -2.38. The van der Waals surface area contributed by atoms with Crippen molar-refractivity contribution < 1.29 is 4.52 Å². The molecule has 0 N–H and O–H groups in total. The van der Waals surface area contributed by atoms with Crippen LogP contribution in [0.5, 0.6) is 0 Å². The Morgan fingerprint density at radius 3 is 2.71 bits per heavy atom. The van der Waals surface area contributed by atoms with Crippen molar-refractivity contribution in [3.63, 3.8) is 0 Å². The van der Waals surface area contributed by atoms with Gasteiger partial charge in [-0.05, 0) is 18.2 Å². The number of aromatic nitrogens is 4. The van der Waals surface area contributed by atoms with Crippen molar-refractivity contribution in [3.05, 3.63) is 65.0 Å². The first-order valence-corrected chi connectivity index (χ1v) is 7.88. The Hall–Kier alpha value is -2.80. The molecular formula is C17H17N5O2. The lowest BCUT2D eigenvalue weighted by Crippen LogP contribution is -2.48. The summed E-state index contributed by atoms with van der Waals surface area (Å²) in [6.45, 7) is 3.28. The van der Waals surface area contributed by atoms with Gasteiger partial charge in [-0.3, -0.25) is 14.7 Å². The Bertz CT molecular complexity index is 854. The van der Waals surface area contributed by atoms with Crippen LogP contribution in [0.3, 0.4) is 0 Å². The molecule has 7 nitrogen and oxygen atoms in total. The molecule has 3 aromatic rings. The lowest BCUT2D eigenvalue weighted by atomic mass is 10.00. The fraction of sp³-hybridized carbons (Fsp3) is 0.294. The molecule has 1 saturated heterocycles. The van der Waals surface area contributed by atoms with Crippen LogP contribution >= 0.6 is 0 Å². The molecule has 0 radical (unpaired) electrons. The maximum atomic E-state index is 12.1. The number of pyridine rings is 1. The summed E-state index contributed by atoms with van der Waals surface area (Å²) in [5.41, 5.74) is 2.61. The highest BCUT2D eigenvalue weighted by molar-refractivity contribution is 5.56. The Labute approximate surface area is 138 Å². The van der Waals surface area contributed by atoms with Gasteiger partial charge in [-0.25, -0.2) is 4.68 Å². The highest BCUT2D eigenvalue weighted by atomic mass is 16.5. The molecule has 0 atom stereocenters. The average molecular weight is 323 g/mol. The number of likely N-dealkylation sites (tertiary alicyclic amines) is 1. The van der Waals surface area contributed by atoms with Crippen LogP contribution < -0.4 is 5.56 Å². The summed E-state index contributed by atoms with van der Waals surface area (Å²) in [5.74, 6) is 0.426. The van der Waals surface area contributed by atoms with E-state index in [2.05, 4.69) is 20.1 Å². The van der Waals surface area contributed by atoms with Crippen molar-refractivity contribution in [1.29, 1.82) is 0 Å². The van der Waals surface area contributed by atoms with E-state index in [9.17, 15) is 4.79 Å². The summed E-state index contributed by atoms with van der Waals surface area (Å²) in [5, 5.41) is 8.41. The molecule has 0 amide bonds. The third-order valence-electron chi connectivity index (χ3n) is 4.18. The van der Waals surface area contributed by atoms with E-state index in [-0.39, 0.29) is 5.56 Å². The quantitative estimate of drug-likeness (QED) is 0.707. The predicted octanol–water partition coefficient (Wildman–Crippen LogP) is 1.43. The highest BCUT2D eigenvalue weighted by Crippen LogP contribution is 2.20. The van der Waals surface area contributed by atoms with Gasteiger partial charge in [0.15, 0.2) is 0 Å². The minimum absolute atomic E-state index is 0.0669. The predicted molar refractivity (Wildman–Crippen MR) is 87.0 cm³/mol. The number of hydrogen-bond acceptors (Lipinski definition) is 6. The zero-order valence-corrected chi connectivity index (χ0v) is 13.1. The summed E-state index contributed by atoms with van der Waals surface area (Å²) in [7, 11) is 0. The van der Waals surface area contributed by atoms with Gasteiger partial charge in [-0.15, -0.1) is 0 Å². The Morgan fingerprint density at radius 1 is 1.12 bits per heavy atom. The fourth-order valence-corrected chi connectivity index (χ4v) is 2.97. The van der Waals surface area contributed by atoms with Gasteiger partial charge >= 0.3 is 0 Å². The Kier molecular flexibility index (Phi) is 3.92. The van der Waals surface area contributed by atoms with Gasteiger partial charge in [0.2, 0.25) is 0 Å². The van der Waals surface area contributed by atoms with Gasteiger partial charge in [-0.1, -0.05) is 5.16 Å². The minimum Gasteiger partial charge on any atom is -0.364 e. The van der Waals surface area contributed by atoms with E-state index in [1.165, 1.54) is 0 Å². The van der Waals surface area contributed by atoms with Crippen LogP contribution in [0.25, 0.3) is 11.3 Å². The molecule has 122 valence electrons. The maximum Gasteiger partial charge on any atom is 0.266 e. The topological polar surface area (TPSA) is 77.0 Å². The van der Waals surface area contributed by atoms with Gasteiger partial charge in [-0.2, -0.15) is 5.10 Å². The molecule has 3 aromatic heterocycles. The van der Waals surface area contributed by atoms with Crippen LogP contribution in [-0.2, 0) is 13.1 Å². The van der Waals surface area contributed by atoms with Gasteiger partial charge in [0.05, 0.1) is 17.9 Å². The van der Waals surface area contributed by atoms with Crippen molar-refractivity contribution >= 4 is 0 Å². The van der Waals surface area contributed by atoms with Crippen molar-refractivity contribution in [1.82, 2.24) is 24.8 Å². The van der Waals surface area contributed by atoms with E-state index in [0.717, 1.165) is 36.6 Å². The van der Waals surface area contributed by atoms with E-state index in [1.807, 2.05) is 18.2 Å². The molecule has 0 spiro atoms. The van der Waals surface area contributed by atoms with Crippen LogP contribution in [0.4, 0.5) is 0 Å². The second-order valence-electron chi connectivity index (χ2n) is 6.03. The molecule has 24 heavy (non-hydrogen) atoms. The molecule has 4 heterocycles. The van der Waals surface area contributed by atoms with Gasteiger partial charge < -0.3 is 4.52 Å². The van der Waals surface area contributed by atoms with Crippen molar-refractivity contribution in [2.75, 3.05) is 13.1 Å². The van der Waals surface area contributed by atoms with Crippen LogP contribution in [0.15, 0.2) is 58.3 Å². The third kappa shape index (κ3) is 3.11. The van der Waals surface area contributed by atoms with Crippen LogP contribution in [0, 0.1) is 5.92 Å². The second kappa shape index (κ2) is 6.37. The number of rotatable bonds is 5. The molecule has 1 aliphatic rings. The van der Waals surface area contributed by atoms with E-state index in [1.54, 1.807) is 35.5 Å². The summed E-state index contributed by atoms with van der Waals surface area (Å²) in [6.07, 6.45) is 5.03. The molecule has 0 saturated carbocycles. The number of hydrogen-bond donors (Lipinski definition) is 0. The van der Waals surface area contributed by atoms with E-state index >= 15 is 0 Å². The zero-order chi connectivity index (χ0) is 16.4. The monoisotopic (exact) mass is 323 g/mol. The molecular weight excluding hydrogens is 306 g/mol. The maximum absolute atomic E-state index is 12.1. The summed E-state index contributed by atoms with van der Waals surface area (Å²) in [4.78, 5) is 18.4. The fourth-order valence-electron chi connectivity index (χ4n) is 2.97. The first kappa shape index (κ1) is 14.8. The van der Waals surface area contributed by atoms with Gasteiger partial charge in [0, 0.05) is 55.6 Å². The van der Waals surface area contributed by atoms with E-state index in [4.69, 9.17) is 4.52 Å². The van der Waals surface area contributed by atoms with E-state index in [0.29, 0.717) is 12.5 Å². The normalized spacial score (nSPS) is 15.3. The smallest absolute Gasteiger partial charge is 0.266 e. The molecule has 0 aromatic carbocycles. The molecule has 0 bridgehead atoms. The largest absolute Gasteiger partial charge is 0.364 e. The lowest BCUT2D eigenvalue weighted by molar-refractivity contribution is 0.0744. The van der Waals surface area contributed by atoms with Crippen molar-refractivity contribution in [2.45, 2.75) is 13.1 Å². The molecule has 4 rings (SSSR count). The molecule has 1 aliphatic heterocycles. The van der Waals surface area contributed by atoms with Gasteiger partial charge in [0.25, 0.3) is 5.56 Å². The zero-order valence-electron chi connectivity index (χ0n) is 13.1. The molecule has 0 unspecified atom stereocenters. The van der Waals surface area contributed by atoms with Crippen molar-refractivity contribution in [3.8, 4) is 11.3 Å². The first-order valence-electron chi connectivity index (χ1n) is 7.88. The van der Waals surface area contributed by atoms with Crippen molar-refractivity contribution in [2.24, 2.45) is 5.92 Å². The molecule has 1 fully saturated rings. The highest BCUT2D eigenvalue weighted by Gasteiger charge is 2.28. The Morgan fingerprint density at radius 2 is 1.96 bits per heavy atom. The molecule has 7 heteroatoms. The van der Waals surface area contributed by atoms with Crippen LogP contribution in [-0.4, -0.2) is 37.9 Å². The van der Waals surface area contributed by atoms with Crippen LogP contribution in [0.2, 0.25) is 0 Å². The van der Waals surface area contributed by atoms with E-state index < -0.39 is 0 Å². The SMILES string of the molecule is O=c1ccc(-c2ccncc2)nn1CC1CN(Cc2ccon2)C1. The Balaban J connectivity index is 1.41. The second-order valence-corrected chi connectivity index (χ2v) is 6.03. The summed E-state index contributed by atoms with van der Waals surface area (Å²) >= 11 is 0. The minimum atomic E-state index is -0.0669. The standard InChI is InChI=1S/C17H17N5O2/c23-17-2-1-16(14-3-6-18-7-4-14)19-22(17)11-13-9-21(10-13)12-15-5-8-24-20-15/h1-8,13H,9-12H2.